The molecular weight excluding hydrogens is 162 g/mol. The van der Waals surface area contributed by atoms with E-state index in [4.69, 9.17) is 0 Å². The molecule has 72 valence electrons. The molecule has 0 amide bonds. The second-order valence-corrected chi connectivity index (χ2v) is 3.03. The number of aryl methyl sites for hydroxylation is 1. The van der Waals surface area contributed by atoms with Crippen LogP contribution in [-0.4, -0.2) is 17.8 Å². The maximum atomic E-state index is 3.80. The van der Waals surface area contributed by atoms with E-state index in [-0.39, 0.29) is 6.17 Å². The number of nitrogens with one attached hydrogen (secondary N) is 1. The number of nitrogens with zero attached hydrogens (tertiary/aromatic N) is 2. The van der Waals surface area contributed by atoms with Gasteiger partial charge in [-0.1, -0.05) is 6.58 Å². The lowest BCUT2D eigenvalue weighted by Crippen LogP contribution is -2.39. The molecule has 1 N–H and O–H groups in total. The van der Waals surface area contributed by atoms with E-state index in [0.717, 1.165) is 5.82 Å². The van der Waals surface area contributed by atoms with Gasteiger partial charge in [0.2, 0.25) is 0 Å². The molecule has 13 heavy (non-hydrogen) atoms. The van der Waals surface area contributed by atoms with E-state index < -0.39 is 0 Å². The summed E-state index contributed by atoms with van der Waals surface area (Å²) < 4.78 is 2.06. The lowest BCUT2D eigenvalue weighted by Gasteiger charge is -2.27. The Morgan fingerprint density at radius 3 is 2.77 bits per heavy atom. The number of rotatable bonds is 4. The molecule has 0 spiro atoms. The van der Waals surface area contributed by atoms with Crippen LogP contribution in [-0.2, 0) is 7.05 Å². The van der Waals surface area contributed by atoms with Gasteiger partial charge in [-0.15, -0.1) is 0 Å². The van der Waals surface area contributed by atoms with Gasteiger partial charge in [0.05, 0.1) is 6.17 Å². The Morgan fingerprint density at radius 1 is 1.69 bits per heavy atom. The van der Waals surface area contributed by atoms with Gasteiger partial charge in [-0.3, -0.25) is 0 Å². The fourth-order valence-electron chi connectivity index (χ4n) is 1.31. The molecule has 0 saturated carbocycles. The Balaban J connectivity index is 2.90. The normalized spacial score (nSPS) is 12.5. The molecule has 0 aliphatic heterocycles. The summed E-state index contributed by atoms with van der Waals surface area (Å²) in [4.78, 5) is 2.08. The van der Waals surface area contributed by atoms with Gasteiger partial charge in [0.15, 0.2) is 0 Å². The van der Waals surface area contributed by atoms with E-state index in [1.807, 2.05) is 32.6 Å². The van der Waals surface area contributed by atoms with Crippen molar-refractivity contribution in [3.8, 4) is 0 Å². The maximum Gasteiger partial charge on any atom is 0.113 e. The molecule has 0 saturated heterocycles. The summed E-state index contributed by atoms with van der Waals surface area (Å²) in [6.45, 7) is 5.89. The van der Waals surface area contributed by atoms with Crippen LogP contribution in [0.4, 0.5) is 5.82 Å². The zero-order valence-corrected chi connectivity index (χ0v) is 8.49. The molecule has 1 rings (SSSR count). The van der Waals surface area contributed by atoms with E-state index in [2.05, 4.69) is 34.4 Å². The van der Waals surface area contributed by atoms with E-state index in [1.165, 1.54) is 0 Å². The second-order valence-electron chi connectivity index (χ2n) is 3.03. The lowest BCUT2D eigenvalue weighted by molar-refractivity contribution is 0.604. The molecule has 3 heteroatoms. The highest BCUT2D eigenvalue weighted by Crippen LogP contribution is 2.15. The molecule has 1 aromatic heterocycles. The summed E-state index contributed by atoms with van der Waals surface area (Å²) >= 11 is 0. The first-order chi connectivity index (χ1) is 6.20. The van der Waals surface area contributed by atoms with Crippen LogP contribution >= 0.6 is 0 Å². The van der Waals surface area contributed by atoms with E-state index in [1.54, 1.807) is 0 Å². The average molecular weight is 179 g/mol. The number of aromatic nitrogens is 1. The minimum absolute atomic E-state index is 0.256. The lowest BCUT2D eigenvalue weighted by atomic mass is 10.4. The van der Waals surface area contributed by atoms with Gasteiger partial charge in [-0.05, 0) is 32.3 Å². The van der Waals surface area contributed by atoms with Crippen LogP contribution in [0.25, 0.3) is 0 Å². The number of anilines is 1. The standard InChI is InChI=1S/C10H17N3/c1-5-13(9(2)11-3)10-7-6-8-12(10)4/h5-9,11H,1H2,2-4H3/t9-/m0/s1. The molecule has 0 aromatic carbocycles. The first kappa shape index (κ1) is 9.86. The minimum atomic E-state index is 0.256. The largest absolute Gasteiger partial charge is 0.337 e. The summed E-state index contributed by atoms with van der Waals surface area (Å²) in [5.74, 6) is 1.14. The third-order valence-corrected chi connectivity index (χ3v) is 2.21. The van der Waals surface area contributed by atoms with Gasteiger partial charge in [0.25, 0.3) is 0 Å². The summed E-state index contributed by atoms with van der Waals surface area (Å²) in [5.41, 5.74) is 0. The Labute approximate surface area is 79.7 Å². The van der Waals surface area contributed by atoms with Crippen molar-refractivity contribution < 1.29 is 0 Å². The average Bonchev–Trinajstić information content (AvgIpc) is 2.53. The SMILES string of the molecule is C=CN(c1cccn1C)[C@@H](C)NC. The highest BCUT2D eigenvalue weighted by atomic mass is 15.3. The van der Waals surface area contributed by atoms with Gasteiger partial charge >= 0.3 is 0 Å². The van der Waals surface area contributed by atoms with Crippen LogP contribution in [0, 0.1) is 0 Å². The maximum absolute atomic E-state index is 3.80. The van der Waals surface area contributed by atoms with E-state index >= 15 is 0 Å². The van der Waals surface area contributed by atoms with Gasteiger partial charge in [-0.2, -0.15) is 0 Å². The first-order valence-corrected chi connectivity index (χ1v) is 4.40. The molecule has 1 heterocycles. The monoisotopic (exact) mass is 179 g/mol. The summed E-state index contributed by atoms with van der Waals surface area (Å²) in [6, 6.07) is 4.09. The molecule has 0 aliphatic rings. The zero-order valence-electron chi connectivity index (χ0n) is 8.49. The smallest absolute Gasteiger partial charge is 0.113 e. The van der Waals surface area contributed by atoms with Gasteiger partial charge in [-0.25, -0.2) is 0 Å². The van der Waals surface area contributed by atoms with Crippen molar-refractivity contribution in [2.75, 3.05) is 11.9 Å². The van der Waals surface area contributed by atoms with E-state index in [0.29, 0.717) is 0 Å². The molecule has 1 aromatic rings. The van der Waals surface area contributed by atoms with Crippen LogP contribution in [0.1, 0.15) is 6.92 Å². The summed E-state index contributed by atoms with van der Waals surface area (Å²) in [7, 11) is 3.96. The van der Waals surface area contributed by atoms with Crippen LogP contribution in [0.3, 0.4) is 0 Å². The van der Waals surface area contributed by atoms with Crippen LogP contribution in [0.15, 0.2) is 31.1 Å². The number of hydrogen-bond acceptors (Lipinski definition) is 2. The quantitative estimate of drug-likeness (QED) is 0.707. The molecule has 0 fully saturated rings. The predicted molar refractivity (Wildman–Crippen MR) is 56.6 cm³/mol. The first-order valence-electron chi connectivity index (χ1n) is 4.40. The van der Waals surface area contributed by atoms with Crippen molar-refractivity contribution in [3.63, 3.8) is 0 Å². The van der Waals surface area contributed by atoms with Crippen LogP contribution in [0.5, 0.6) is 0 Å². The second kappa shape index (κ2) is 4.14. The predicted octanol–water partition coefficient (Wildman–Crippen LogP) is 1.54. The van der Waals surface area contributed by atoms with Crippen molar-refractivity contribution in [1.82, 2.24) is 9.88 Å². The van der Waals surface area contributed by atoms with E-state index in [9.17, 15) is 0 Å². The van der Waals surface area contributed by atoms with Gasteiger partial charge in [0.1, 0.15) is 5.82 Å². The molecule has 0 bridgehead atoms. The topological polar surface area (TPSA) is 20.2 Å². The van der Waals surface area contributed by atoms with Gasteiger partial charge < -0.3 is 14.8 Å². The fourth-order valence-corrected chi connectivity index (χ4v) is 1.31. The fraction of sp³-hybridized carbons (Fsp3) is 0.400. The molecule has 0 unspecified atom stereocenters. The molecule has 0 radical (unpaired) electrons. The van der Waals surface area contributed by atoms with Gasteiger partial charge in [0, 0.05) is 13.2 Å². The Kier molecular flexibility index (Phi) is 3.14. The van der Waals surface area contributed by atoms with Crippen LogP contribution in [0.2, 0.25) is 0 Å². The van der Waals surface area contributed by atoms with Crippen molar-refractivity contribution in [2.45, 2.75) is 13.1 Å². The third kappa shape index (κ3) is 1.92. The molecule has 0 aliphatic carbocycles. The highest BCUT2D eigenvalue weighted by molar-refractivity contribution is 5.44. The molecule has 3 nitrogen and oxygen atoms in total. The van der Waals surface area contributed by atoms with Crippen molar-refractivity contribution in [1.29, 1.82) is 0 Å². The number of hydrogen-bond donors (Lipinski definition) is 1. The Bertz CT molecular complexity index is 277. The highest BCUT2D eigenvalue weighted by Gasteiger charge is 2.10. The molecule has 1 atom stereocenters. The van der Waals surface area contributed by atoms with Crippen molar-refractivity contribution >= 4 is 5.82 Å². The Morgan fingerprint density at radius 2 is 2.38 bits per heavy atom. The summed E-state index contributed by atoms with van der Waals surface area (Å²) in [6.07, 6.45) is 4.11. The Hall–Kier alpha value is -1.22. The van der Waals surface area contributed by atoms with Crippen LogP contribution < -0.4 is 10.2 Å². The zero-order chi connectivity index (χ0) is 9.84. The minimum Gasteiger partial charge on any atom is -0.337 e. The summed E-state index contributed by atoms with van der Waals surface area (Å²) in [5, 5.41) is 3.17. The van der Waals surface area contributed by atoms with Crippen molar-refractivity contribution in [3.05, 3.63) is 31.1 Å². The van der Waals surface area contributed by atoms with Crippen molar-refractivity contribution in [2.24, 2.45) is 7.05 Å². The molecular formula is C10H17N3. The third-order valence-electron chi connectivity index (χ3n) is 2.21.